The van der Waals surface area contributed by atoms with Crippen LogP contribution in [-0.4, -0.2) is 17.2 Å². The molecular weight excluding hydrogens is 360 g/mol. The zero-order valence-corrected chi connectivity index (χ0v) is 16.0. The number of aromatic hydroxyl groups is 1. The van der Waals surface area contributed by atoms with Crippen LogP contribution in [0.15, 0.2) is 89.9 Å². The van der Waals surface area contributed by atoms with Crippen LogP contribution in [-0.2, 0) is 0 Å². The van der Waals surface area contributed by atoms with Gasteiger partial charge in [-0.2, -0.15) is 0 Å². The summed E-state index contributed by atoms with van der Waals surface area (Å²) in [6.07, 6.45) is 1.68. The molecule has 0 aliphatic heterocycles. The first kappa shape index (κ1) is 18.4. The minimum atomic E-state index is -0.148. The highest BCUT2D eigenvalue weighted by Gasteiger charge is 2.08. The number of fused-ring (bicyclic) bond motifs is 1. The summed E-state index contributed by atoms with van der Waals surface area (Å²) in [7, 11) is 0. The lowest BCUT2D eigenvalue weighted by Gasteiger charge is -2.09. The van der Waals surface area contributed by atoms with Crippen LogP contribution in [0.25, 0.3) is 10.8 Å². The second-order valence-corrected chi connectivity index (χ2v) is 6.80. The normalized spacial score (nSPS) is 11.1. The second kappa shape index (κ2) is 7.98. The maximum absolute atomic E-state index is 12.4. The first-order chi connectivity index (χ1) is 14.1. The van der Waals surface area contributed by atoms with Crippen molar-refractivity contribution in [2.24, 2.45) is 4.99 Å². The van der Waals surface area contributed by atoms with E-state index < -0.39 is 0 Å². The first-order valence-electron chi connectivity index (χ1n) is 9.33. The summed E-state index contributed by atoms with van der Waals surface area (Å²) in [5.41, 5.74) is 3.69. The van der Waals surface area contributed by atoms with Crippen LogP contribution in [0, 0.1) is 6.92 Å². The Kier molecular flexibility index (Phi) is 5.08. The lowest BCUT2D eigenvalue weighted by molar-refractivity contribution is 0.102. The first-order valence-corrected chi connectivity index (χ1v) is 9.33. The van der Waals surface area contributed by atoms with Gasteiger partial charge in [-0.25, -0.2) is 0 Å². The summed E-state index contributed by atoms with van der Waals surface area (Å²) >= 11 is 0. The molecule has 0 saturated heterocycles. The van der Waals surface area contributed by atoms with E-state index in [0.717, 1.165) is 27.7 Å². The number of phenols is 1. The number of hydrogen-bond donors (Lipinski definition) is 2. The van der Waals surface area contributed by atoms with Crippen LogP contribution in [0.2, 0.25) is 0 Å². The number of benzene rings is 4. The Morgan fingerprint density at radius 1 is 0.931 bits per heavy atom. The van der Waals surface area contributed by atoms with E-state index in [1.54, 1.807) is 24.4 Å². The average Bonchev–Trinajstić information content (AvgIpc) is 2.75. The fourth-order valence-electron chi connectivity index (χ4n) is 3.21. The van der Waals surface area contributed by atoms with Gasteiger partial charge in [0, 0.05) is 23.0 Å². The Bertz CT molecular complexity index is 1210. The summed E-state index contributed by atoms with van der Waals surface area (Å²) in [5.74, 6) is 0.0431. The van der Waals surface area contributed by atoms with Gasteiger partial charge in [-0.1, -0.05) is 48.5 Å². The molecule has 4 heteroatoms. The molecule has 0 aliphatic carbocycles. The van der Waals surface area contributed by atoms with Gasteiger partial charge in [0.1, 0.15) is 5.75 Å². The van der Waals surface area contributed by atoms with Crippen molar-refractivity contribution >= 4 is 34.3 Å². The summed E-state index contributed by atoms with van der Waals surface area (Å²) in [6.45, 7) is 1.93. The molecule has 0 aliphatic rings. The van der Waals surface area contributed by atoms with Crippen LogP contribution in [0.1, 0.15) is 21.5 Å². The number of carbonyl (C=O) groups excluding carboxylic acids is 1. The molecule has 0 radical (unpaired) electrons. The molecule has 4 aromatic carbocycles. The lowest BCUT2D eigenvalue weighted by atomic mass is 10.0. The summed E-state index contributed by atoms with van der Waals surface area (Å²) in [5, 5.41) is 15.2. The number of amides is 1. The van der Waals surface area contributed by atoms with Gasteiger partial charge in [-0.15, -0.1) is 0 Å². The van der Waals surface area contributed by atoms with Crippen molar-refractivity contribution in [3.63, 3.8) is 0 Å². The van der Waals surface area contributed by atoms with Gasteiger partial charge in [-0.3, -0.25) is 9.79 Å². The standard InChI is InChI=1S/C25H20N2O2/c1-17-15-20(12-13-23(17)27-25(29)19-8-3-2-4-9-19)26-16-22-21-10-6-5-7-18(21)11-14-24(22)28/h2-16,28H,1H3,(H,27,29). The molecule has 4 rings (SSSR count). The Labute approximate surface area is 169 Å². The van der Waals surface area contributed by atoms with Crippen molar-refractivity contribution in [1.82, 2.24) is 0 Å². The van der Waals surface area contributed by atoms with Gasteiger partial charge in [0.25, 0.3) is 5.91 Å². The largest absolute Gasteiger partial charge is 0.507 e. The van der Waals surface area contributed by atoms with E-state index in [1.165, 1.54) is 0 Å². The van der Waals surface area contributed by atoms with Crippen LogP contribution in [0.4, 0.5) is 11.4 Å². The highest BCUT2D eigenvalue weighted by molar-refractivity contribution is 6.05. The van der Waals surface area contributed by atoms with Crippen LogP contribution < -0.4 is 5.32 Å². The zero-order valence-electron chi connectivity index (χ0n) is 16.0. The van der Waals surface area contributed by atoms with Gasteiger partial charge in [0.2, 0.25) is 0 Å². The maximum atomic E-state index is 12.4. The third kappa shape index (κ3) is 4.01. The number of carbonyl (C=O) groups is 1. The molecule has 0 saturated carbocycles. The van der Waals surface area contributed by atoms with Crippen molar-refractivity contribution in [2.45, 2.75) is 6.92 Å². The van der Waals surface area contributed by atoms with Crippen molar-refractivity contribution in [2.75, 3.05) is 5.32 Å². The number of nitrogens with one attached hydrogen (secondary N) is 1. The molecule has 0 heterocycles. The van der Waals surface area contributed by atoms with Crippen molar-refractivity contribution in [1.29, 1.82) is 0 Å². The van der Waals surface area contributed by atoms with E-state index >= 15 is 0 Å². The molecule has 0 spiro atoms. The monoisotopic (exact) mass is 380 g/mol. The minimum Gasteiger partial charge on any atom is -0.507 e. The SMILES string of the molecule is Cc1cc(N=Cc2c(O)ccc3ccccc23)ccc1NC(=O)c1ccccc1. The molecular formula is C25H20N2O2. The predicted molar refractivity (Wildman–Crippen MR) is 118 cm³/mol. The van der Waals surface area contributed by atoms with Crippen molar-refractivity contribution < 1.29 is 9.90 Å². The van der Waals surface area contributed by atoms with Crippen molar-refractivity contribution in [3.8, 4) is 5.75 Å². The van der Waals surface area contributed by atoms with Crippen LogP contribution in [0.5, 0.6) is 5.75 Å². The smallest absolute Gasteiger partial charge is 0.255 e. The molecule has 1 amide bonds. The third-order valence-electron chi connectivity index (χ3n) is 4.78. The Balaban J connectivity index is 1.58. The molecule has 0 aromatic heterocycles. The number of rotatable bonds is 4. The minimum absolute atomic E-state index is 0.148. The molecule has 4 nitrogen and oxygen atoms in total. The van der Waals surface area contributed by atoms with Gasteiger partial charge >= 0.3 is 0 Å². The van der Waals surface area contributed by atoms with E-state index in [-0.39, 0.29) is 11.7 Å². The zero-order chi connectivity index (χ0) is 20.2. The highest BCUT2D eigenvalue weighted by atomic mass is 16.3. The number of aryl methyl sites for hydroxylation is 1. The topological polar surface area (TPSA) is 61.7 Å². The highest BCUT2D eigenvalue weighted by Crippen LogP contribution is 2.27. The molecule has 0 atom stereocenters. The third-order valence-corrected chi connectivity index (χ3v) is 4.78. The summed E-state index contributed by atoms with van der Waals surface area (Å²) < 4.78 is 0. The quantitative estimate of drug-likeness (QED) is 0.436. The van der Waals surface area contributed by atoms with Gasteiger partial charge in [0.15, 0.2) is 0 Å². The number of phenolic OH excluding ortho intramolecular Hbond substituents is 1. The fraction of sp³-hybridized carbons (Fsp3) is 0.0400. The number of anilines is 1. The van der Waals surface area contributed by atoms with E-state index in [2.05, 4.69) is 10.3 Å². The van der Waals surface area contributed by atoms with E-state index in [0.29, 0.717) is 11.1 Å². The van der Waals surface area contributed by atoms with E-state index in [9.17, 15) is 9.90 Å². The number of aliphatic imine (C=N–C) groups is 1. The molecule has 142 valence electrons. The van der Waals surface area contributed by atoms with Crippen molar-refractivity contribution in [3.05, 3.63) is 102 Å². The molecule has 0 fully saturated rings. The average molecular weight is 380 g/mol. The summed E-state index contributed by atoms with van der Waals surface area (Å²) in [6, 6.07) is 26.1. The summed E-state index contributed by atoms with van der Waals surface area (Å²) in [4.78, 5) is 16.9. The van der Waals surface area contributed by atoms with Gasteiger partial charge < -0.3 is 10.4 Å². The number of hydrogen-bond acceptors (Lipinski definition) is 3. The predicted octanol–water partition coefficient (Wildman–Crippen LogP) is 5.86. The maximum Gasteiger partial charge on any atom is 0.255 e. The van der Waals surface area contributed by atoms with Crippen LogP contribution >= 0.6 is 0 Å². The van der Waals surface area contributed by atoms with Gasteiger partial charge in [-0.05, 0) is 59.7 Å². The Hall–Kier alpha value is -3.92. The lowest BCUT2D eigenvalue weighted by Crippen LogP contribution is -2.12. The number of nitrogens with zero attached hydrogens (tertiary/aromatic N) is 1. The second-order valence-electron chi connectivity index (χ2n) is 6.80. The van der Waals surface area contributed by atoms with E-state index in [4.69, 9.17) is 0 Å². The molecule has 0 unspecified atom stereocenters. The molecule has 0 bridgehead atoms. The van der Waals surface area contributed by atoms with E-state index in [1.807, 2.05) is 73.7 Å². The van der Waals surface area contributed by atoms with Crippen LogP contribution in [0.3, 0.4) is 0 Å². The van der Waals surface area contributed by atoms with Gasteiger partial charge in [0.05, 0.1) is 5.69 Å². The molecule has 29 heavy (non-hydrogen) atoms. The Morgan fingerprint density at radius 3 is 2.48 bits per heavy atom. The molecule has 2 N–H and O–H groups in total. The fourth-order valence-corrected chi connectivity index (χ4v) is 3.21. The molecule has 4 aromatic rings. The Morgan fingerprint density at radius 2 is 1.69 bits per heavy atom.